The van der Waals surface area contributed by atoms with E-state index in [2.05, 4.69) is 62.6 Å². The van der Waals surface area contributed by atoms with Crippen LogP contribution >= 0.6 is 38.6 Å². The molecule has 252 valence electrons. The molecule has 1 atom stereocenters. The number of aliphatic hydroxyl groups is 1. The monoisotopic (exact) mass is 689 g/mol. The van der Waals surface area contributed by atoms with Crippen LogP contribution in [0.4, 0.5) is 11.5 Å². The van der Waals surface area contributed by atoms with Crippen LogP contribution in [-0.4, -0.2) is 71.8 Å². The lowest BCUT2D eigenvalue weighted by Crippen LogP contribution is -2.33. The molecule has 10 nitrogen and oxygen atoms in total. The van der Waals surface area contributed by atoms with E-state index in [4.69, 9.17) is 38.7 Å². The Labute approximate surface area is 292 Å². The summed E-state index contributed by atoms with van der Waals surface area (Å²) in [6.07, 6.45) is 4.14. The highest BCUT2D eigenvalue weighted by Crippen LogP contribution is 2.35. The molecular formula is C33H48ClN7O3S2. The number of carbonyl (C=O) groups is 1. The van der Waals surface area contributed by atoms with Gasteiger partial charge in [-0.3, -0.25) is 4.79 Å². The van der Waals surface area contributed by atoms with Gasteiger partial charge in [-0.1, -0.05) is 62.6 Å². The Balaban J connectivity index is 0.00000108. The summed E-state index contributed by atoms with van der Waals surface area (Å²) in [5, 5.41) is 10.9. The molecule has 0 bridgehead atoms. The number of amides is 1. The van der Waals surface area contributed by atoms with Gasteiger partial charge in [0.1, 0.15) is 19.0 Å². The zero-order chi connectivity index (χ0) is 32.5. The maximum Gasteiger partial charge on any atom is 0.318 e. The number of aliphatic hydroxyl groups excluding tert-OH is 1. The summed E-state index contributed by atoms with van der Waals surface area (Å²) in [5.74, 6) is 3.83. The van der Waals surface area contributed by atoms with Crippen LogP contribution in [0.3, 0.4) is 0 Å². The number of benzene rings is 2. The molecule has 0 spiro atoms. The van der Waals surface area contributed by atoms with Crippen LogP contribution in [-0.2, 0) is 17.8 Å². The van der Waals surface area contributed by atoms with Crippen LogP contribution in [0, 0.1) is 18.4 Å². The number of ether oxygens (including phenoxy) is 1. The van der Waals surface area contributed by atoms with Gasteiger partial charge in [-0.2, -0.15) is 37.0 Å². The number of halogens is 1. The minimum atomic E-state index is -0.714. The summed E-state index contributed by atoms with van der Waals surface area (Å²) in [4.78, 5) is 26.6. The number of anilines is 2. The van der Waals surface area contributed by atoms with E-state index in [0.717, 1.165) is 65.1 Å². The number of likely N-dealkylation sites (N-methyl/N-ethyl adjacent to an activating group) is 1. The Morgan fingerprint density at radius 1 is 1.20 bits per heavy atom. The third kappa shape index (κ3) is 12.8. The summed E-state index contributed by atoms with van der Waals surface area (Å²) >= 11 is 6.55. The predicted molar refractivity (Wildman–Crippen MR) is 199 cm³/mol. The second-order valence-corrected chi connectivity index (χ2v) is 10.3. The van der Waals surface area contributed by atoms with E-state index in [0.29, 0.717) is 37.6 Å². The second kappa shape index (κ2) is 23.0. The number of rotatable bonds is 5. The third-order valence-corrected chi connectivity index (χ3v) is 7.27. The first-order valence-corrected chi connectivity index (χ1v) is 15.3. The zero-order valence-electron chi connectivity index (χ0n) is 27.1. The number of nitrogens with two attached hydrogens (primary N) is 2. The Bertz CT molecular complexity index is 1470. The van der Waals surface area contributed by atoms with Crippen LogP contribution in [0.2, 0.25) is 5.02 Å². The van der Waals surface area contributed by atoms with Crippen LogP contribution in [0.25, 0.3) is 15.6 Å². The molecule has 3 aromatic rings. The van der Waals surface area contributed by atoms with E-state index in [1.807, 2.05) is 38.8 Å². The normalized spacial score (nSPS) is 14.4. The Hall–Kier alpha value is -3.39. The number of fused-ring (bicyclic) bond motifs is 2. The van der Waals surface area contributed by atoms with Crippen LogP contribution < -0.4 is 21.1 Å². The lowest BCUT2D eigenvalue weighted by molar-refractivity contribution is -0.112. The minimum absolute atomic E-state index is 0. The first-order valence-electron chi connectivity index (χ1n) is 14.9. The van der Waals surface area contributed by atoms with Gasteiger partial charge in [0.25, 0.3) is 5.91 Å². The Morgan fingerprint density at radius 2 is 1.89 bits per heavy atom. The van der Waals surface area contributed by atoms with Crippen molar-refractivity contribution in [2.75, 3.05) is 50.5 Å². The van der Waals surface area contributed by atoms with Gasteiger partial charge in [0.2, 0.25) is 6.54 Å². The molecular weight excluding hydrogens is 642 g/mol. The van der Waals surface area contributed by atoms with Crippen molar-refractivity contribution in [3.8, 4) is 17.9 Å². The molecule has 13 heteroatoms. The maximum atomic E-state index is 9.70. The fraction of sp³-hybridized carbons (Fsp3) is 0.455. The third-order valence-electron chi connectivity index (χ3n) is 6.95. The molecule has 0 unspecified atom stereocenters. The smallest absolute Gasteiger partial charge is 0.318 e. The largest absolute Gasteiger partial charge is 0.462 e. The molecule has 0 radical (unpaired) electrons. The van der Waals surface area contributed by atoms with Gasteiger partial charge in [0.05, 0.1) is 17.3 Å². The number of nitrogen functional groups attached to an aromatic ring is 1. The maximum absolute atomic E-state index is 9.70. The highest BCUT2D eigenvalue weighted by molar-refractivity contribution is 7.59. The molecule has 2 aromatic carbocycles. The predicted octanol–water partition coefficient (Wildman–Crippen LogP) is 4.94. The number of hydrogen-bond acceptors (Lipinski definition) is 8. The van der Waals surface area contributed by atoms with Gasteiger partial charge in [-0.05, 0) is 56.3 Å². The summed E-state index contributed by atoms with van der Waals surface area (Å²) in [6, 6.07) is 13.1. The molecule has 2 aliphatic heterocycles. The summed E-state index contributed by atoms with van der Waals surface area (Å²) in [7, 11) is 2.14. The van der Waals surface area contributed by atoms with E-state index in [1.54, 1.807) is 0 Å². The van der Waals surface area contributed by atoms with Crippen LogP contribution in [0.15, 0.2) is 36.4 Å². The van der Waals surface area contributed by atoms with E-state index < -0.39 is 5.91 Å². The highest BCUT2D eigenvalue weighted by Gasteiger charge is 2.25. The first-order chi connectivity index (χ1) is 21.3. The lowest BCUT2D eigenvalue weighted by atomic mass is 10.0. The quantitative estimate of drug-likeness (QED) is 0.254. The molecule has 2 aliphatic rings. The molecule has 1 aromatic heterocycles. The molecule has 5 rings (SSSR count). The van der Waals surface area contributed by atoms with Crippen LogP contribution in [0.5, 0.6) is 6.01 Å². The number of primary amides is 1. The standard InChI is InChI=1S/C23H26ClN5O.C4H5NO2.C4H7N.C2H6.2H2S/c1-28-11-4-7-16(28)14-30-23-26-19-13-29(12-10-17(19)22(25)27-23)20-9-3-6-15-5-2-8-18(24)21(15)20;5-4(7)2-1-3-6;1-3-4-5-2;1-2;;/h2-3,5-6,8-9,16H,4,7,10-14H2,1H3,(H2,25,26,27);6H,3H2,(H2,5,7);3-4H2,1H3;1-2H3;2*1H2/t16-;;;;;/m0...../s1. The number of nitrogens with zero attached hydrogens (tertiary/aromatic N) is 5. The van der Waals surface area contributed by atoms with Gasteiger partial charge in [-0.25, -0.2) is 6.57 Å². The van der Waals surface area contributed by atoms with E-state index in [1.165, 1.54) is 6.42 Å². The topological polar surface area (TPSA) is 135 Å². The van der Waals surface area contributed by atoms with Gasteiger partial charge < -0.3 is 36.0 Å². The van der Waals surface area contributed by atoms with Crippen molar-refractivity contribution >= 4 is 66.8 Å². The highest BCUT2D eigenvalue weighted by atomic mass is 35.5. The van der Waals surface area contributed by atoms with Crippen molar-refractivity contribution in [2.24, 2.45) is 5.73 Å². The molecule has 1 amide bonds. The zero-order valence-corrected chi connectivity index (χ0v) is 29.9. The first kappa shape index (κ1) is 42.6. The van der Waals surface area contributed by atoms with E-state index in [9.17, 15) is 4.79 Å². The minimum Gasteiger partial charge on any atom is -0.462 e. The number of carbonyl (C=O) groups excluding carboxylic acids is 1. The average Bonchev–Trinajstić information content (AvgIpc) is 3.45. The molecule has 1 saturated heterocycles. The van der Waals surface area contributed by atoms with Crippen LogP contribution in [0.1, 0.15) is 51.3 Å². The molecule has 0 saturated carbocycles. The van der Waals surface area contributed by atoms with Gasteiger partial charge in [0, 0.05) is 35.6 Å². The van der Waals surface area contributed by atoms with Crippen molar-refractivity contribution in [3.05, 3.63) is 64.1 Å². The lowest BCUT2D eigenvalue weighted by Gasteiger charge is -2.31. The van der Waals surface area contributed by atoms with Gasteiger partial charge in [-0.15, -0.1) is 0 Å². The van der Waals surface area contributed by atoms with Gasteiger partial charge >= 0.3 is 6.01 Å². The number of hydrogen-bond donors (Lipinski definition) is 3. The van der Waals surface area contributed by atoms with Crippen molar-refractivity contribution < 1.29 is 14.6 Å². The van der Waals surface area contributed by atoms with E-state index in [-0.39, 0.29) is 33.6 Å². The van der Waals surface area contributed by atoms with Crippen molar-refractivity contribution in [1.29, 1.82) is 0 Å². The molecule has 0 aliphatic carbocycles. The molecule has 3 heterocycles. The van der Waals surface area contributed by atoms with Gasteiger partial charge in [0.15, 0.2) is 0 Å². The summed E-state index contributed by atoms with van der Waals surface area (Å²) in [5.41, 5.74) is 13.9. The molecule has 5 N–H and O–H groups in total. The van der Waals surface area contributed by atoms with Crippen molar-refractivity contribution in [3.63, 3.8) is 0 Å². The summed E-state index contributed by atoms with van der Waals surface area (Å²) < 4.78 is 5.95. The molecule has 46 heavy (non-hydrogen) atoms. The SMILES string of the molecule is CC.CN1CCC[C@H]1COc1nc(N)c2c(n1)CN(c1cccc3cccc(Cl)c13)CC2.NC(=O)C#CCO.S.S.[C-]#[N+]CCC. The Morgan fingerprint density at radius 3 is 2.43 bits per heavy atom. The fourth-order valence-corrected chi connectivity index (χ4v) is 5.12. The fourth-order valence-electron chi connectivity index (χ4n) is 4.84. The number of likely N-dealkylation sites (tertiary alicyclic amines) is 1. The van der Waals surface area contributed by atoms with Crippen molar-refractivity contribution in [1.82, 2.24) is 14.9 Å². The van der Waals surface area contributed by atoms with E-state index >= 15 is 0 Å². The Kier molecular flexibility index (Phi) is 21.3. The average molecular weight is 690 g/mol. The second-order valence-electron chi connectivity index (χ2n) is 9.90. The van der Waals surface area contributed by atoms with Crippen molar-refractivity contribution in [2.45, 2.75) is 59.0 Å². The molecule has 1 fully saturated rings. The summed E-state index contributed by atoms with van der Waals surface area (Å²) in [6.45, 7) is 15.8. The number of aromatic nitrogens is 2.